The summed E-state index contributed by atoms with van der Waals surface area (Å²) in [4.78, 5) is 4.49. The highest BCUT2D eigenvalue weighted by Gasteiger charge is 2.34. The van der Waals surface area contributed by atoms with Crippen molar-refractivity contribution < 1.29 is 9.26 Å². The summed E-state index contributed by atoms with van der Waals surface area (Å²) in [5.74, 6) is 1.04. The zero-order chi connectivity index (χ0) is 19.2. The fourth-order valence-corrected chi connectivity index (χ4v) is 3.66. The van der Waals surface area contributed by atoms with E-state index in [-0.39, 0.29) is 11.6 Å². The SMILES string of the molecule is CC(NC1(CNc2noc(-c3ccccc3)n2)CCOCC1)c1ccccc1. The number of nitrogens with one attached hydrogen (secondary N) is 2. The Labute approximate surface area is 165 Å². The molecule has 6 nitrogen and oxygen atoms in total. The minimum atomic E-state index is -0.0823. The van der Waals surface area contributed by atoms with Gasteiger partial charge in [0.2, 0.25) is 0 Å². The number of aromatic nitrogens is 2. The third kappa shape index (κ3) is 4.40. The molecule has 4 rings (SSSR count). The van der Waals surface area contributed by atoms with Gasteiger partial charge >= 0.3 is 0 Å². The molecule has 1 fully saturated rings. The number of hydrogen-bond acceptors (Lipinski definition) is 6. The van der Waals surface area contributed by atoms with Crippen molar-refractivity contribution in [3.63, 3.8) is 0 Å². The highest BCUT2D eigenvalue weighted by Crippen LogP contribution is 2.26. The molecule has 0 spiro atoms. The van der Waals surface area contributed by atoms with Gasteiger partial charge in [-0.1, -0.05) is 48.5 Å². The van der Waals surface area contributed by atoms with Crippen molar-refractivity contribution >= 4 is 5.95 Å². The second kappa shape index (κ2) is 8.54. The quantitative estimate of drug-likeness (QED) is 0.646. The summed E-state index contributed by atoms with van der Waals surface area (Å²) in [5.41, 5.74) is 2.11. The molecule has 1 unspecified atom stereocenters. The molecule has 28 heavy (non-hydrogen) atoms. The highest BCUT2D eigenvalue weighted by atomic mass is 16.5. The summed E-state index contributed by atoms with van der Waals surface area (Å²) < 4.78 is 11.0. The Morgan fingerprint density at radius 1 is 1.00 bits per heavy atom. The summed E-state index contributed by atoms with van der Waals surface area (Å²) in [5, 5.41) is 11.3. The molecule has 2 aromatic carbocycles. The van der Waals surface area contributed by atoms with E-state index in [1.165, 1.54) is 5.56 Å². The molecule has 0 aliphatic carbocycles. The number of hydrogen-bond donors (Lipinski definition) is 2. The van der Waals surface area contributed by atoms with Gasteiger partial charge in [-0.05, 0) is 42.6 Å². The van der Waals surface area contributed by atoms with Gasteiger partial charge in [0.1, 0.15) is 0 Å². The van der Waals surface area contributed by atoms with Crippen molar-refractivity contribution in [3.8, 4) is 11.5 Å². The zero-order valence-corrected chi connectivity index (χ0v) is 16.1. The molecular weight excluding hydrogens is 352 g/mol. The summed E-state index contributed by atoms with van der Waals surface area (Å²) in [6, 6.07) is 20.5. The van der Waals surface area contributed by atoms with Gasteiger partial charge in [0, 0.05) is 36.9 Å². The second-order valence-corrected chi connectivity index (χ2v) is 7.31. The van der Waals surface area contributed by atoms with Crippen molar-refractivity contribution in [1.29, 1.82) is 0 Å². The molecule has 3 aromatic rings. The fourth-order valence-electron chi connectivity index (χ4n) is 3.66. The van der Waals surface area contributed by atoms with Crippen LogP contribution in [0.3, 0.4) is 0 Å². The smallest absolute Gasteiger partial charge is 0.263 e. The molecule has 0 bridgehead atoms. The number of benzene rings is 2. The van der Waals surface area contributed by atoms with Crippen LogP contribution in [0.2, 0.25) is 0 Å². The van der Waals surface area contributed by atoms with Crippen LogP contribution in [0.1, 0.15) is 31.4 Å². The molecule has 1 saturated heterocycles. The first kappa shape index (κ1) is 18.7. The number of rotatable bonds is 7. The third-order valence-electron chi connectivity index (χ3n) is 5.30. The van der Waals surface area contributed by atoms with Gasteiger partial charge in [-0.25, -0.2) is 0 Å². The second-order valence-electron chi connectivity index (χ2n) is 7.31. The third-order valence-corrected chi connectivity index (χ3v) is 5.30. The minimum Gasteiger partial charge on any atom is -0.381 e. The number of ether oxygens (including phenoxy) is 1. The lowest BCUT2D eigenvalue weighted by Gasteiger charge is -2.40. The lowest BCUT2D eigenvalue weighted by molar-refractivity contribution is 0.0388. The van der Waals surface area contributed by atoms with Crippen LogP contribution in [0.5, 0.6) is 0 Å². The molecule has 1 aromatic heterocycles. The van der Waals surface area contributed by atoms with Crippen LogP contribution in [-0.2, 0) is 4.74 Å². The molecule has 0 radical (unpaired) electrons. The lowest BCUT2D eigenvalue weighted by Crippen LogP contribution is -2.54. The van der Waals surface area contributed by atoms with Gasteiger partial charge in [-0.15, -0.1) is 0 Å². The van der Waals surface area contributed by atoms with Gasteiger partial charge in [0.05, 0.1) is 0 Å². The standard InChI is InChI=1S/C22H26N4O2/c1-17(18-8-4-2-5-9-18)25-22(12-14-27-15-13-22)16-23-21-24-20(28-26-21)19-10-6-3-7-11-19/h2-11,17,25H,12-16H2,1H3,(H,23,26). The highest BCUT2D eigenvalue weighted by molar-refractivity contribution is 5.53. The molecule has 146 valence electrons. The van der Waals surface area contributed by atoms with E-state index < -0.39 is 0 Å². The van der Waals surface area contributed by atoms with Crippen LogP contribution in [0.25, 0.3) is 11.5 Å². The van der Waals surface area contributed by atoms with Crippen LogP contribution < -0.4 is 10.6 Å². The Morgan fingerprint density at radius 2 is 1.68 bits per heavy atom. The fraction of sp³-hybridized carbons (Fsp3) is 0.364. The first-order valence-electron chi connectivity index (χ1n) is 9.78. The maximum atomic E-state index is 5.61. The van der Waals surface area contributed by atoms with Crippen LogP contribution in [-0.4, -0.2) is 35.4 Å². The average molecular weight is 378 g/mol. The zero-order valence-electron chi connectivity index (χ0n) is 16.1. The van der Waals surface area contributed by atoms with Crippen LogP contribution in [0.15, 0.2) is 65.2 Å². The largest absolute Gasteiger partial charge is 0.381 e. The normalized spacial score (nSPS) is 17.2. The van der Waals surface area contributed by atoms with Crippen LogP contribution in [0, 0.1) is 0 Å². The molecule has 6 heteroatoms. The van der Waals surface area contributed by atoms with Gasteiger partial charge in [0.25, 0.3) is 11.8 Å². The van der Waals surface area contributed by atoms with Crippen molar-refractivity contribution in [1.82, 2.24) is 15.5 Å². The van der Waals surface area contributed by atoms with Crippen LogP contribution in [0.4, 0.5) is 5.95 Å². The maximum absolute atomic E-state index is 5.61. The summed E-state index contributed by atoms with van der Waals surface area (Å²) in [7, 11) is 0. The Hall–Kier alpha value is -2.70. The van der Waals surface area contributed by atoms with Gasteiger partial charge < -0.3 is 19.9 Å². The van der Waals surface area contributed by atoms with E-state index >= 15 is 0 Å². The van der Waals surface area contributed by atoms with E-state index in [4.69, 9.17) is 9.26 Å². The maximum Gasteiger partial charge on any atom is 0.263 e. The molecule has 1 atom stereocenters. The topological polar surface area (TPSA) is 72.2 Å². The van der Waals surface area contributed by atoms with Crippen molar-refractivity contribution in [2.75, 3.05) is 25.1 Å². The van der Waals surface area contributed by atoms with E-state index in [9.17, 15) is 0 Å². The first-order chi connectivity index (χ1) is 13.7. The number of nitrogens with zero attached hydrogens (tertiary/aromatic N) is 2. The monoisotopic (exact) mass is 378 g/mol. The van der Waals surface area contributed by atoms with Crippen LogP contribution >= 0.6 is 0 Å². The lowest BCUT2D eigenvalue weighted by atomic mass is 9.88. The summed E-state index contributed by atoms with van der Waals surface area (Å²) >= 11 is 0. The molecule has 1 aliphatic heterocycles. The van der Waals surface area contributed by atoms with Crippen molar-refractivity contribution in [3.05, 3.63) is 66.2 Å². The molecular formula is C22H26N4O2. The molecule has 1 aliphatic rings. The van der Waals surface area contributed by atoms with E-state index in [0.717, 1.165) is 31.6 Å². The Morgan fingerprint density at radius 3 is 2.39 bits per heavy atom. The van der Waals surface area contributed by atoms with E-state index in [2.05, 4.69) is 52.0 Å². The molecule has 2 heterocycles. The van der Waals surface area contributed by atoms with Gasteiger partial charge in [0.15, 0.2) is 0 Å². The van der Waals surface area contributed by atoms with Crippen molar-refractivity contribution in [2.24, 2.45) is 0 Å². The predicted octanol–water partition coefficient (Wildman–Crippen LogP) is 4.05. The predicted molar refractivity (Wildman–Crippen MR) is 109 cm³/mol. The Bertz CT molecular complexity index is 861. The summed E-state index contributed by atoms with van der Waals surface area (Å²) in [6.45, 7) is 4.41. The molecule has 2 N–H and O–H groups in total. The average Bonchev–Trinajstić information content (AvgIpc) is 3.24. The Balaban J connectivity index is 1.44. The molecule has 0 saturated carbocycles. The van der Waals surface area contributed by atoms with E-state index in [1.807, 2.05) is 36.4 Å². The summed E-state index contributed by atoms with van der Waals surface area (Å²) in [6.07, 6.45) is 1.86. The van der Waals surface area contributed by atoms with E-state index in [1.54, 1.807) is 0 Å². The van der Waals surface area contributed by atoms with Crippen molar-refractivity contribution in [2.45, 2.75) is 31.3 Å². The molecule has 0 amide bonds. The first-order valence-corrected chi connectivity index (χ1v) is 9.78. The van der Waals surface area contributed by atoms with E-state index in [0.29, 0.717) is 18.4 Å². The van der Waals surface area contributed by atoms with Gasteiger partial charge in [-0.3, -0.25) is 0 Å². The minimum absolute atomic E-state index is 0.0823. The Kier molecular flexibility index (Phi) is 5.69. The van der Waals surface area contributed by atoms with Gasteiger partial charge in [-0.2, -0.15) is 4.98 Å². The number of anilines is 1.